The second-order valence-corrected chi connectivity index (χ2v) is 10.3. The molecule has 2 aromatic carbocycles. The van der Waals surface area contributed by atoms with Gasteiger partial charge in [-0.25, -0.2) is 4.39 Å². The summed E-state index contributed by atoms with van der Waals surface area (Å²) < 4.78 is 37.9. The Morgan fingerprint density at radius 3 is 2.41 bits per heavy atom. The number of rotatable bonds is 12. The lowest BCUT2D eigenvalue weighted by Gasteiger charge is -2.33. The molecule has 0 aromatic heterocycles. The highest BCUT2D eigenvalue weighted by Gasteiger charge is 2.27. The van der Waals surface area contributed by atoms with E-state index in [1.54, 1.807) is 27.1 Å². The molecule has 0 spiro atoms. The van der Waals surface area contributed by atoms with Crippen molar-refractivity contribution in [2.24, 2.45) is 4.99 Å². The Hall–Kier alpha value is -3.17. The first-order valence-electron chi connectivity index (χ1n) is 13.5. The lowest BCUT2D eigenvalue weighted by molar-refractivity contribution is 0.0990. The van der Waals surface area contributed by atoms with Gasteiger partial charge < -0.3 is 29.2 Å². The normalized spacial score (nSPS) is 14.1. The van der Waals surface area contributed by atoms with Crippen molar-refractivity contribution in [3.8, 4) is 17.2 Å². The van der Waals surface area contributed by atoms with Crippen molar-refractivity contribution in [1.29, 1.82) is 0 Å². The number of anilines is 1. The van der Waals surface area contributed by atoms with Gasteiger partial charge in [0, 0.05) is 49.6 Å². The van der Waals surface area contributed by atoms with Crippen molar-refractivity contribution < 1.29 is 28.1 Å². The monoisotopic (exact) mass is 543 g/mol. The van der Waals surface area contributed by atoms with Crippen LogP contribution in [0.3, 0.4) is 0 Å². The van der Waals surface area contributed by atoms with E-state index in [0.29, 0.717) is 48.9 Å². The highest BCUT2D eigenvalue weighted by Crippen LogP contribution is 2.40. The van der Waals surface area contributed by atoms with Crippen LogP contribution in [-0.2, 0) is 16.7 Å². The van der Waals surface area contributed by atoms with E-state index >= 15 is 4.39 Å². The molecule has 1 fully saturated rings. The number of nitrogens with one attached hydrogen (secondary N) is 1. The van der Waals surface area contributed by atoms with Crippen LogP contribution >= 0.6 is 0 Å². The average molecular weight is 544 g/mol. The topological polar surface area (TPSA) is 81.6 Å². The summed E-state index contributed by atoms with van der Waals surface area (Å²) in [6.45, 7) is 13.6. The van der Waals surface area contributed by atoms with Crippen LogP contribution in [0.5, 0.6) is 17.2 Å². The molecule has 9 heteroatoms. The smallest absolute Gasteiger partial charge is 0.197 e. The van der Waals surface area contributed by atoms with E-state index in [1.807, 2.05) is 19.1 Å². The number of halogens is 1. The average Bonchev–Trinajstić information content (AvgIpc) is 2.92. The van der Waals surface area contributed by atoms with Gasteiger partial charge in [-0.2, -0.15) is 0 Å². The van der Waals surface area contributed by atoms with Gasteiger partial charge in [0.2, 0.25) is 0 Å². The van der Waals surface area contributed by atoms with Crippen LogP contribution in [0.2, 0.25) is 0 Å². The van der Waals surface area contributed by atoms with Crippen LogP contribution in [0.4, 0.5) is 10.1 Å². The molecule has 1 saturated heterocycles. The molecule has 1 aliphatic heterocycles. The summed E-state index contributed by atoms with van der Waals surface area (Å²) in [7, 11) is 3.25. The third-order valence-electron chi connectivity index (χ3n) is 6.51. The Kier molecular flexibility index (Phi) is 10.7. The molecule has 0 bridgehead atoms. The van der Waals surface area contributed by atoms with Crippen molar-refractivity contribution >= 4 is 17.7 Å². The Morgan fingerprint density at radius 1 is 1.13 bits per heavy atom. The Morgan fingerprint density at radius 2 is 1.82 bits per heavy atom. The molecule has 2 aromatic rings. The molecule has 0 radical (unpaired) electrons. The van der Waals surface area contributed by atoms with Crippen molar-refractivity contribution in [3.63, 3.8) is 0 Å². The number of nitrogens with zero attached hydrogens (tertiary/aromatic N) is 2. The second kappa shape index (κ2) is 13.8. The predicted octanol–water partition coefficient (Wildman–Crippen LogP) is 4.79. The van der Waals surface area contributed by atoms with Crippen molar-refractivity contribution in [2.75, 3.05) is 65.1 Å². The molecule has 8 nitrogen and oxygen atoms in total. The van der Waals surface area contributed by atoms with Crippen molar-refractivity contribution in [1.82, 2.24) is 5.32 Å². The van der Waals surface area contributed by atoms with Crippen molar-refractivity contribution in [2.45, 2.75) is 46.6 Å². The van der Waals surface area contributed by atoms with Crippen LogP contribution < -0.4 is 24.4 Å². The summed E-state index contributed by atoms with van der Waals surface area (Å²) in [6, 6.07) is 5.57. The highest BCUT2D eigenvalue weighted by atomic mass is 19.1. The van der Waals surface area contributed by atoms with E-state index in [2.05, 4.69) is 36.0 Å². The summed E-state index contributed by atoms with van der Waals surface area (Å²) >= 11 is 0. The summed E-state index contributed by atoms with van der Waals surface area (Å²) in [5.41, 5.74) is 3.15. The molecule has 0 aliphatic carbocycles. The summed E-state index contributed by atoms with van der Waals surface area (Å²) in [5.74, 6) is 0.577. The number of ketones is 1. The van der Waals surface area contributed by atoms with Gasteiger partial charge in [-0.1, -0.05) is 20.8 Å². The number of Topliss-reactive ketones (excluding diaryl/α,β-unsaturated/α-hetero) is 1. The largest absolute Gasteiger partial charge is 0.494 e. The highest BCUT2D eigenvalue weighted by molar-refractivity contribution is 5.99. The van der Waals surface area contributed by atoms with Crippen LogP contribution in [0.15, 0.2) is 23.2 Å². The maximum atomic E-state index is 15.4. The Balaban J connectivity index is 1.89. The zero-order valence-corrected chi connectivity index (χ0v) is 24.3. The molecular weight excluding hydrogens is 501 g/mol. The first-order chi connectivity index (χ1) is 18.7. The zero-order chi connectivity index (χ0) is 28.6. The van der Waals surface area contributed by atoms with Crippen LogP contribution in [0, 0.1) is 5.82 Å². The summed E-state index contributed by atoms with van der Waals surface area (Å²) in [6.07, 6.45) is 1.46. The second-order valence-electron chi connectivity index (χ2n) is 10.3. The number of hydrogen-bond acceptors (Lipinski definition) is 8. The van der Waals surface area contributed by atoms with Crippen LogP contribution in [-0.4, -0.2) is 72.2 Å². The Labute approximate surface area is 231 Å². The third-order valence-corrected chi connectivity index (χ3v) is 6.51. The third kappa shape index (κ3) is 7.28. The molecule has 0 saturated carbocycles. The van der Waals surface area contributed by atoms with E-state index in [4.69, 9.17) is 18.9 Å². The van der Waals surface area contributed by atoms with E-state index in [1.165, 1.54) is 6.21 Å². The number of carbonyl (C=O) groups is 1. The minimum Gasteiger partial charge on any atom is -0.494 e. The van der Waals surface area contributed by atoms with E-state index < -0.39 is 5.82 Å². The van der Waals surface area contributed by atoms with Crippen molar-refractivity contribution in [3.05, 3.63) is 46.3 Å². The molecule has 0 unspecified atom stereocenters. The van der Waals surface area contributed by atoms with Gasteiger partial charge in [0.1, 0.15) is 5.75 Å². The Bertz CT molecular complexity index is 1170. The first kappa shape index (κ1) is 30.4. The van der Waals surface area contributed by atoms with Crippen LogP contribution in [0.1, 0.15) is 61.7 Å². The molecule has 0 amide bonds. The van der Waals surface area contributed by atoms with E-state index in [-0.39, 0.29) is 30.0 Å². The lowest BCUT2D eigenvalue weighted by Crippen LogP contribution is -2.37. The molecule has 3 rings (SSSR count). The lowest BCUT2D eigenvalue weighted by atomic mass is 9.84. The molecule has 1 heterocycles. The summed E-state index contributed by atoms with van der Waals surface area (Å²) in [5, 5.41) is 3.19. The minimum absolute atomic E-state index is 0.0673. The van der Waals surface area contributed by atoms with Gasteiger partial charge in [0.25, 0.3) is 0 Å². The van der Waals surface area contributed by atoms with Gasteiger partial charge in [0.05, 0.1) is 45.8 Å². The number of morpholine rings is 1. The fourth-order valence-corrected chi connectivity index (χ4v) is 4.63. The summed E-state index contributed by atoms with van der Waals surface area (Å²) in [4.78, 5) is 19.7. The first-order valence-corrected chi connectivity index (χ1v) is 13.5. The maximum absolute atomic E-state index is 15.4. The van der Waals surface area contributed by atoms with Gasteiger partial charge in [-0.15, -0.1) is 0 Å². The predicted molar refractivity (Wildman–Crippen MR) is 153 cm³/mol. The SMILES string of the molecule is CCOc1cc(CNCC(=O)c2cc(N3CCOCC3)c(OC)c(C(C)(C)C)c2)c(/C=N/C)c(F)c1OCC. The van der Waals surface area contributed by atoms with Gasteiger partial charge in [-0.3, -0.25) is 9.79 Å². The fourth-order valence-electron chi connectivity index (χ4n) is 4.63. The zero-order valence-electron chi connectivity index (χ0n) is 24.3. The number of benzene rings is 2. The molecule has 1 aliphatic rings. The fraction of sp³-hybridized carbons (Fsp3) is 0.533. The molecule has 214 valence electrons. The molecular formula is C30H42FN3O5. The molecule has 39 heavy (non-hydrogen) atoms. The van der Waals surface area contributed by atoms with E-state index in [9.17, 15) is 4.79 Å². The van der Waals surface area contributed by atoms with Gasteiger partial charge >= 0.3 is 0 Å². The number of hydrogen-bond donors (Lipinski definition) is 1. The number of aliphatic imine (C=N–C) groups is 1. The number of methoxy groups -OCH3 is 1. The van der Waals surface area contributed by atoms with Gasteiger partial charge in [-0.05, 0) is 43.0 Å². The van der Waals surface area contributed by atoms with Gasteiger partial charge in [0.15, 0.2) is 23.1 Å². The van der Waals surface area contributed by atoms with E-state index in [0.717, 1.165) is 30.1 Å². The number of carbonyl (C=O) groups excluding carboxylic acids is 1. The van der Waals surface area contributed by atoms with Crippen LogP contribution in [0.25, 0.3) is 0 Å². The number of ether oxygens (including phenoxy) is 4. The molecule has 1 N–H and O–H groups in total. The maximum Gasteiger partial charge on any atom is 0.197 e. The molecule has 0 atom stereocenters. The minimum atomic E-state index is -0.531. The standard InChI is InChI=1S/C30H42FN3O5/c1-8-38-26-16-21(22(18-32-6)27(31)29(26)39-9-2)17-33-19-25(35)20-14-23(30(3,4)5)28(36-7)24(15-20)34-10-12-37-13-11-34/h14-16,18,33H,8-13,17,19H2,1-7H3/b32-18+. The quantitative estimate of drug-likeness (QED) is 0.305.